The minimum atomic E-state index is -0.905. The van der Waals surface area contributed by atoms with Gasteiger partial charge < -0.3 is 24.4 Å². The largest absolute Gasteiger partial charge is 0.493 e. The van der Waals surface area contributed by atoms with Crippen molar-refractivity contribution in [3.05, 3.63) is 65.2 Å². The van der Waals surface area contributed by atoms with Crippen molar-refractivity contribution in [3.63, 3.8) is 0 Å². The number of nitrogens with zero attached hydrogens (tertiary/aromatic N) is 2. The zero-order valence-electron chi connectivity index (χ0n) is 22.3. The number of ether oxygens (including phenoxy) is 2. The number of aliphatic hydroxyl groups is 1. The van der Waals surface area contributed by atoms with Crippen molar-refractivity contribution in [3.8, 4) is 11.5 Å². The lowest BCUT2D eigenvalue weighted by Gasteiger charge is -2.64. The third-order valence-electron chi connectivity index (χ3n) is 9.37. The van der Waals surface area contributed by atoms with Crippen LogP contribution in [0, 0.1) is 5.92 Å². The topological polar surface area (TPSA) is 62.2 Å². The maximum absolute atomic E-state index is 13.8. The van der Waals surface area contributed by atoms with Crippen molar-refractivity contribution in [1.82, 2.24) is 9.80 Å². The summed E-state index contributed by atoms with van der Waals surface area (Å²) in [5.41, 5.74) is 1.92. The Kier molecular flexibility index (Phi) is 5.88. The van der Waals surface area contributed by atoms with Crippen LogP contribution in [0.1, 0.15) is 49.8 Å². The summed E-state index contributed by atoms with van der Waals surface area (Å²) in [5.74, 6) is 1.79. The number of piperidine rings is 1. The van der Waals surface area contributed by atoms with Gasteiger partial charge in [-0.25, -0.2) is 0 Å². The molecular weight excluding hydrogens is 464 g/mol. The van der Waals surface area contributed by atoms with Crippen LogP contribution in [-0.2, 0) is 16.6 Å². The summed E-state index contributed by atoms with van der Waals surface area (Å²) >= 11 is 0. The van der Waals surface area contributed by atoms with E-state index in [1.54, 1.807) is 13.2 Å². The number of carbonyl (C=O) groups excluding carboxylic acids is 1. The Morgan fingerprint density at radius 3 is 2.76 bits per heavy atom. The second-order valence-electron chi connectivity index (χ2n) is 11.8. The molecule has 1 saturated carbocycles. The Morgan fingerprint density at radius 1 is 1.24 bits per heavy atom. The molecule has 2 fully saturated rings. The molecule has 1 saturated heterocycles. The third-order valence-corrected chi connectivity index (χ3v) is 9.37. The molecule has 6 heteroatoms. The molecule has 6 nitrogen and oxygen atoms in total. The van der Waals surface area contributed by atoms with E-state index in [9.17, 15) is 9.90 Å². The molecule has 2 aromatic rings. The minimum Gasteiger partial charge on any atom is -0.493 e. The van der Waals surface area contributed by atoms with Gasteiger partial charge in [-0.3, -0.25) is 4.79 Å². The lowest BCUT2D eigenvalue weighted by atomic mass is 9.48. The Labute approximate surface area is 219 Å². The molecule has 2 aliphatic carbocycles. The summed E-state index contributed by atoms with van der Waals surface area (Å²) in [6.07, 6.45) is 6.22. The van der Waals surface area contributed by atoms with E-state index in [1.165, 1.54) is 5.56 Å². The Morgan fingerprint density at radius 2 is 2.03 bits per heavy atom. The molecule has 6 rings (SSSR count). The number of hydrogen-bond acceptors (Lipinski definition) is 5. The summed E-state index contributed by atoms with van der Waals surface area (Å²) < 4.78 is 12.6. The third kappa shape index (κ3) is 3.48. The zero-order chi connectivity index (χ0) is 25.9. The van der Waals surface area contributed by atoms with Crippen LogP contribution in [0.15, 0.2) is 48.5 Å². The summed E-state index contributed by atoms with van der Waals surface area (Å²) in [5, 5.41) is 12.5. The molecule has 2 unspecified atom stereocenters. The Bertz CT molecular complexity index is 1230. The highest BCUT2D eigenvalue weighted by Crippen LogP contribution is 2.65. The van der Waals surface area contributed by atoms with E-state index in [0.29, 0.717) is 31.1 Å². The summed E-state index contributed by atoms with van der Waals surface area (Å²) in [7, 11) is 3.80. The van der Waals surface area contributed by atoms with Crippen LogP contribution in [-0.4, -0.2) is 71.8 Å². The molecule has 2 aromatic carbocycles. The summed E-state index contributed by atoms with van der Waals surface area (Å²) in [6, 6.07) is 14.0. The number of carbonyl (C=O) groups is 1. The molecule has 2 bridgehead atoms. The molecule has 0 radical (unpaired) electrons. The summed E-state index contributed by atoms with van der Waals surface area (Å²) in [6.45, 7) is 5.83. The minimum absolute atomic E-state index is 0.00331. The standard InChI is InChI=1S/C31H38N2O4/c1-20(2)19-33(26(34)13-10-21-8-6-5-7-9-21)23-14-15-31(35)25-18-22-11-12-24(36-4)28-27(22)30(31,29(23)37-28)16-17-32(25)3/h5-13,20,23,25,29,35H,14-19H2,1-4H3/b13-10+/t23?,25-,29?,30+,31-/m1/s1. The predicted molar refractivity (Wildman–Crippen MR) is 144 cm³/mol. The van der Waals surface area contributed by atoms with Crippen molar-refractivity contribution in [2.24, 2.45) is 5.92 Å². The van der Waals surface area contributed by atoms with Crippen LogP contribution >= 0.6 is 0 Å². The van der Waals surface area contributed by atoms with Gasteiger partial charge in [-0.2, -0.15) is 0 Å². The first-order valence-electron chi connectivity index (χ1n) is 13.6. The lowest BCUT2D eigenvalue weighted by molar-refractivity contribution is -0.197. The highest BCUT2D eigenvalue weighted by atomic mass is 16.5. The Hall–Kier alpha value is -2.83. The molecular formula is C31H38N2O4. The first-order chi connectivity index (χ1) is 17.8. The van der Waals surface area contributed by atoms with Gasteiger partial charge in [-0.1, -0.05) is 50.2 Å². The SMILES string of the molecule is COc1ccc2c3c1OC1C(N(CC(C)C)C(=O)/C=C/c4ccccc4)CC[C@@]4(O)[C@@H](C2)N(C)CC[C@]314. The van der Waals surface area contributed by atoms with Gasteiger partial charge in [0.05, 0.1) is 24.2 Å². The molecule has 1 N–H and O–H groups in total. The average Bonchev–Trinajstić information content (AvgIpc) is 3.24. The molecule has 4 aliphatic rings. The van der Waals surface area contributed by atoms with Crippen molar-refractivity contribution in [2.45, 2.75) is 68.7 Å². The molecule has 0 aromatic heterocycles. The normalized spacial score (nSPS) is 31.8. The van der Waals surface area contributed by atoms with E-state index in [1.807, 2.05) is 47.4 Å². The van der Waals surface area contributed by atoms with Gasteiger partial charge in [0.2, 0.25) is 5.91 Å². The van der Waals surface area contributed by atoms with Crippen LogP contribution in [0.5, 0.6) is 11.5 Å². The van der Waals surface area contributed by atoms with E-state index in [2.05, 4.69) is 31.9 Å². The van der Waals surface area contributed by atoms with Crippen LogP contribution in [0.4, 0.5) is 0 Å². The van der Waals surface area contributed by atoms with Gasteiger partial charge in [0, 0.05) is 24.2 Å². The highest BCUT2D eigenvalue weighted by Gasteiger charge is 2.73. The number of rotatable bonds is 6. The fourth-order valence-corrected chi connectivity index (χ4v) is 7.81. The molecule has 196 valence electrons. The van der Waals surface area contributed by atoms with E-state index >= 15 is 0 Å². The highest BCUT2D eigenvalue weighted by molar-refractivity contribution is 5.92. The van der Waals surface area contributed by atoms with Gasteiger partial charge in [-0.15, -0.1) is 0 Å². The molecule has 1 amide bonds. The van der Waals surface area contributed by atoms with Crippen LogP contribution in [0.2, 0.25) is 0 Å². The number of benzene rings is 2. The number of methoxy groups -OCH3 is 1. The maximum Gasteiger partial charge on any atom is 0.246 e. The van der Waals surface area contributed by atoms with Crippen LogP contribution in [0.3, 0.4) is 0 Å². The van der Waals surface area contributed by atoms with Gasteiger partial charge in [0.15, 0.2) is 11.5 Å². The zero-order valence-corrected chi connectivity index (χ0v) is 22.3. The van der Waals surface area contributed by atoms with Gasteiger partial charge in [-0.05, 0) is 68.5 Å². The fraction of sp³-hybridized carbons (Fsp3) is 0.516. The first kappa shape index (κ1) is 24.5. The van der Waals surface area contributed by atoms with Crippen LogP contribution < -0.4 is 9.47 Å². The van der Waals surface area contributed by atoms with Crippen molar-refractivity contribution >= 4 is 12.0 Å². The molecule has 37 heavy (non-hydrogen) atoms. The Balaban J connectivity index is 1.44. The van der Waals surface area contributed by atoms with E-state index in [0.717, 1.165) is 36.3 Å². The van der Waals surface area contributed by atoms with E-state index < -0.39 is 11.0 Å². The average molecular weight is 503 g/mol. The summed E-state index contributed by atoms with van der Waals surface area (Å²) in [4.78, 5) is 18.1. The molecule has 5 atom stereocenters. The van der Waals surface area contributed by atoms with Gasteiger partial charge in [0.1, 0.15) is 6.10 Å². The number of likely N-dealkylation sites (N-methyl/N-ethyl adjacent to an activating group) is 1. The number of hydrogen-bond donors (Lipinski definition) is 1. The smallest absolute Gasteiger partial charge is 0.246 e. The molecule has 2 aliphatic heterocycles. The van der Waals surface area contributed by atoms with Crippen molar-refractivity contribution < 1.29 is 19.4 Å². The van der Waals surface area contributed by atoms with Crippen LogP contribution in [0.25, 0.3) is 6.08 Å². The quantitative estimate of drug-likeness (QED) is 0.604. The fourth-order valence-electron chi connectivity index (χ4n) is 7.81. The maximum atomic E-state index is 13.8. The van der Waals surface area contributed by atoms with Crippen molar-refractivity contribution in [1.29, 1.82) is 0 Å². The molecule has 1 spiro atoms. The first-order valence-corrected chi connectivity index (χ1v) is 13.6. The number of amides is 1. The van der Waals surface area contributed by atoms with Crippen molar-refractivity contribution in [2.75, 3.05) is 27.2 Å². The molecule has 2 heterocycles. The van der Waals surface area contributed by atoms with Gasteiger partial charge >= 0.3 is 0 Å². The number of likely N-dealkylation sites (tertiary alicyclic amines) is 1. The predicted octanol–water partition coefficient (Wildman–Crippen LogP) is 4.05. The van der Waals surface area contributed by atoms with E-state index in [-0.39, 0.29) is 24.1 Å². The van der Waals surface area contributed by atoms with Gasteiger partial charge in [0.25, 0.3) is 0 Å². The second kappa shape index (κ2) is 8.88. The second-order valence-corrected chi connectivity index (χ2v) is 11.8. The monoisotopic (exact) mass is 502 g/mol. The lowest BCUT2D eigenvalue weighted by Crippen LogP contribution is -2.78. The van der Waals surface area contributed by atoms with E-state index in [4.69, 9.17) is 9.47 Å².